The van der Waals surface area contributed by atoms with Crippen LogP contribution in [0, 0.1) is 3.57 Å². The molecule has 0 aliphatic heterocycles. The Kier molecular flexibility index (Phi) is 4.88. The third-order valence-electron chi connectivity index (χ3n) is 3.46. The molecule has 4 heteroatoms. The van der Waals surface area contributed by atoms with Crippen molar-refractivity contribution in [3.63, 3.8) is 0 Å². The van der Waals surface area contributed by atoms with Gasteiger partial charge >= 0.3 is 0 Å². The lowest BCUT2D eigenvalue weighted by Gasteiger charge is -2.25. The maximum Gasteiger partial charge on any atom is 0.139 e. The second kappa shape index (κ2) is 6.88. The van der Waals surface area contributed by atoms with E-state index in [1.165, 1.54) is 9.03 Å². The summed E-state index contributed by atoms with van der Waals surface area (Å²) in [6, 6.07) is 25.6. The summed E-state index contributed by atoms with van der Waals surface area (Å²) in [5.41, 5.74) is 4.73. The van der Waals surface area contributed by atoms with Gasteiger partial charge in [0.05, 0.1) is 0 Å². The molecular weight excluding hydrogens is 448 g/mol. The van der Waals surface area contributed by atoms with E-state index >= 15 is 0 Å². The summed E-state index contributed by atoms with van der Waals surface area (Å²) in [5, 5.41) is 0. The van der Waals surface area contributed by atoms with Crippen LogP contribution in [-0.4, -0.2) is 7.85 Å². The van der Waals surface area contributed by atoms with E-state index in [4.69, 9.17) is 0 Å². The van der Waals surface area contributed by atoms with Crippen molar-refractivity contribution in [2.75, 3.05) is 4.90 Å². The van der Waals surface area contributed by atoms with E-state index < -0.39 is 0 Å². The molecule has 3 aromatic carbocycles. The number of anilines is 3. The number of nitrogens with zero attached hydrogens (tertiary/aromatic N) is 1. The molecule has 0 heterocycles. The van der Waals surface area contributed by atoms with E-state index in [0.717, 1.165) is 21.5 Å². The van der Waals surface area contributed by atoms with Crippen LogP contribution in [0.4, 0.5) is 17.1 Å². The molecule has 0 N–H and O–H groups in total. The maximum absolute atomic E-state index is 3.51. The normalized spacial score (nSPS) is 10.5. The number of halogens is 2. The Balaban J connectivity index is 2.10. The largest absolute Gasteiger partial charge is 0.311 e. The van der Waals surface area contributed by atoms with E-state index in [2.05, 4.69) is 124 Å². The molecule has 108 valence electrons. The fraction of sp³-hybridized carbons (Fsp3) is 0. The van der Waals surface area contributed by atoms with Gasteiger partial charge in [-0.1, -0.05) is 33.5 Å². The fourth-order valence-corrected chi connectivity index (χ4v) is 2.95. The number of benzene rings is 3. The lowest BCUT2D eigenvalue weighted by atomic mass is 9.96. The standard InChI is InChI=1S/C18H14BBrIN/c19-13-1-7-16(8-2-13)22(17-9-3-14(20)4-10-17)18-11-5-15(21)6-12-18/h1-12H,19H2. The van der Waals surface area contributed by atoms with Gasteiger partial charge in [-0.15, -0.1) is 0 Å². The number of rotatable bonds is 3. The predicted octanol–water partition coefficient (Wildman–Crippen LogP) is 4.78. The zero-order chi connectivity index (χ0) is 15.5. The van der Waals surface area contributed by atoms with Gasteiger partial charge in [0.2, 0.25) is 0 Å². The van der Waals surface area contributed by atoms with Crippen LogP contribution in [0.25, 0.3) is 0 Å². The summed E-state index contributed by atoms with van der Waals surface area (Å²) in [6.07, 6.45) is 0. The van der Waals surface area contributed by atoms with E-state index in [9.17, 15) is 0 Å². The Morgan fingerprint density at radius 2 is 1.09 bits per heavy atom. The van der Waals surface area contributed by atoms with Crippen molar-refractivity contribution in [3.8, 4) is 0 Å². The van der Waals surface area contributed by atoms with E-state index in [1.54, 1.807) is 0 Å². The molecule has 0 saturated heterocycles. The molecule has 3 aromatic rings. The van der Waals surface area contributed by atoms with Crippen LogP contribution in [0.5, 0.6) is 0 Å². The Hall–Kier alpha value is -1.27. The summed E-state index contributed by atoms with van der Waals surface area (Å²) in [4.78, 5) is 2.27. The molecule has 0 atom stereocenters. The molecule has 0 unspecified atom stereocenters. The highest BCUT2D eigenvalue weighted by Crippen LogP contribution is 2.34. The lowest BCUT2D eigenvalue weighted by Crippen LogP contribution is -2.11. The van der Waals surface area contributed by atoms with Crippen molar-refractivity contribution in [1.29, 1.82) is 0 Å². The van der Waals surface area contributed by atoms with Crippen LogP contribution in [0.2, 0.25) is 0 Å². The molecule has 3 rings (SSSR count). The molecule has 1 nitrogen and oxygen atoms in total. The third kappa shape index (κ3) is 3.55. The fourth-order valence-electron chi connectivity index (χ4n) is 2.32. The Morgan fingerprint density at radius 1 is 0.682 bits per heavy atom. The summed E-state index contributed by atoms with van der Waals surface area (Å²) in [6.45, 7) is 0. The van der Waals surface area contributed by atoms with Crippen molar-refractivity contribution in [1.82, 2.24) is 0 Å². The van der Waals surface area contributed by atoms with Crippen molar-refractivity contribution in [2.24, 2.45) is 0 Å². The minimum absolute atomic E-state index is 1.09. The molecule has 0 aliphatic rings. The SMILES string of the molecule is Bc1ccc(N(c2ccc(Br)cc2)c2ccc(I)cc2)cc1. The quantitative estimate of drug-likeness (QED) is 0.401. The monoisotopic (exact) mass is 461 g/mol. The smallest absolute Gasteiger partial charge is 0.139 e. The second-order valence-electron chi connectivity index (χ2n) is 5.12. The maximum atomic E-state index is 3.51. The second-order valence-corrected chi connectivity index (χ2v) is 7.29. The summed E-state index contributed by atoms with van der Waals surface area (Å²) >= 11 is 5.84. The molecule has 0 spiro atoms. The molecule has 0 saturated carbocycles. The summed E-state index contributed by atoms with van der Waals surface area (Å²) in [5.74, 6) is 0. The highest BCUT2D eigenvalue weighted by molar-refractivity contribution is 14.1. The molecule has 0 radical (unpaired) electrons. The zero-order valence-electron chi connectivity index (χ0n) is 12.1. The van der Waals surface area contributed by atoms with Gasteiger partial charge in [-0.2, -0.15) is 0 Å². The number of hydrogen-bond donors (Lipinski definition) is 0. The van der Waals surface area contributed by atoms with E-state index in [1.807, 2.05) is 0 Å². The van der Waals surface area contributed by atoms with Gasteiger partial charge in [0.1, 0.15) is 7.85 Å². The van der Waals surface area contributed by atoms with E-state index in [0.29, 0.717) is 0 Å². The number of hydrogen-bond acceptors (Lipinski definition) is 1. The van der Waals surface area contributed by atoms with Crippen molar-refractivity contribution >= 4 is 68.9 Å². The van der Waals surface area contributed by atoms with Crippen molar-refractivity contribution < 1.29 is 0 Å². The van der Waals surface area contributed by atoms with Gasteiger partial charge in [0.25, 0.3) is 0 Å². The van der Waals surface area contributed by atoms with Crippen LogP contribution in [0.3, 0.4) is 0 Å². The molecule has 0 aromatic heterocycles. The molecule has 22 heavy (non-hydrogen) atoms. The van der Waals surface area contributed by atoms with E-state index in [-0.39, 0.29) is 0 Å². The highest BCUT2D eigenvalue weighted by atomic mass is 127. The van der Waals surface area contributed by atoms with Crippen LogP contribution >= 0.6 is 38.5 Å². The van der Waals surface area contributed by atoms with Gasteiger partial charge in [0, 0.05) is 25.1 Å². The first-order chi connectivity index (χ1) is 10.6. The van der Waals surface area contributed by atoms with Gasteiger partial charge in [-0.25, -0.2) is 0 Å². The molecule has 0 bridgehead atoms. The minimum atomic E-state index is 1.09. The van der Waals surface area contributed by atoms with Crippen LogP contribution in [-0.2, 0) is 0 Å². The minimum Gasteiger partial charge on any atom is -0.311 e. The molecule has 0 aliphatic carbocycles. The van der Waals surface area contributed by atoms with Crippen LogP contribution < -0.4 is 10.4 Å². The van der Waals surface area contributed by atoms with Crippen LogP contribution in [0.1, 0.15) is 0 Å². The third-order valence-corrected chi connectivity index (χ3v) is 4.71. The van der Waals surface area contributed by atoms with Gasteiger partial charge in [-0.3, -0.25) is 0 Å². The Bertz CT molecular complexity index is 646. The van der Waals surface area contributed by atoms with Gasteiger partial charge < -0.3 is 4.90 Å². The molecular formula is C18H14BBrIN. The average Bonchev–Trinajstić information content (AvgIpc) is 2.53. The summed E-state index contributed by atoms with van der Waals surface area (Å²) in [7, 11) is 2.11. The Labute approximate surface area is 154 Å². The highest BCUT2D eigenvalue weighted by Gasteiger charge is 2.11. The topological polar surface area (TPSA) is 3.24 Å². The van der Waals surface area contributed by atoms with Crippen molar-refractivity contribution in [3.05, 3.63) is 80.8 Å². The Morgan fingerprint density at radius 3 is 1.59 bits per heavy atom. The summed E-state index contributed by atoms with van der Waals surface area (Å²) < 4.78 is 2.32. The molecule has 0 amide bonds. The van der Waals surface area contributed by atoms with Gasteiger partial charge in [0.15, 0.2) is 0 Å². The predicted molar refractivity (Wildman–Crippen MR) is 110 cm³/mol. The van der Waals surface area contributed by atoms with Gasteiger partial charge in [-0.05, 0) is 83.3 Å². The molecule has 0 fully saturated rings. The first-order valence-electron chi connectivity index (χ1n) is 7.01. The lowest BCUT2D eigenvalue weighted by molar-refractivity contribution is 1.28. The average molecular weight is 462 g/mol. The first-order valence-corrected chi connectivity index (χ1v) is 8.88. The van der Waals surface area contributed by atoms with Crippen molar-refractivity contribution in [2.45, 2.75) is 0 Å². The van der Waals surface area contributed by atoms with Crippen LogP contribution in [0.15, 0.2) is 77.3 Å². The zero-order valence-corrected chi connectivity index (χ0v) is 15.9. The first kappa shape index (κ1) is 15.6.